The molecule has 1 aliphatic rings. The van der Waals surface area contributed by atoms with Gasteiger partial charge in [-0.2, -0.15) is 0 Å². The summed E-state index contributed by atoms with van der Waals surface area (Å²) in [5.74, 6) is 0.721. The van der Waals surface area contributed by atoms with Gasteiger partial charge in [-0.15, -0.1) is 0 Å². The van der Waals surface area contributed by atoms with E-state index in [0.717, 1.165) is 88.6 Å². The second-order valence-electron chi connectivity index (χ2n) is 8.56. The number of methoxy groups -OCH3 is 1. The van der Waals surface area contributed by atoms with Crippen LogP contribution in [-0.4, -0.2) is 97.5 Å². The quantitative estimate of drug-likeness (QED) is 0.348. The normalized spacial score (nSPS) is 14.5. The van der Waals surface area contributed by atoms with Gasteiger partial charge in [0.05, 0.1) is 32.4 Å². The highest BCUT2D eigenvalue weighted by Gasteiger charge is 2.15. The molecular weight excluding hydrogens is 450 g/mol. The molecule has 1 aromatic heterocycles. The molecule has 0 spiro atoms. The molecule has 34 heavy (non-hydrogen) atoms. The van der Waals surface area contributed by atoms with Crippen molar-refractivity contribution in [2.24, 2.45) is 0 Å². The zero-order valence-electron chi connectivity index (χ0n) is 20.8. The second-order valence-corrected chi connectivity index (χ2v) is 8.95. The highest BCUT2D eigenvalue weighted by Crippen LogP contribution is 2.19. The molecule has 0 amide bonds. The van der Waals surface area contributed by atoms with E-state index in [9.17, 15) is 4.79 Å². The van der Waals surface area contributed by atoms with Gasteiger partial charge in [0, 0.05) is 44.4 Å². The van der Waals surface area contributed by atoms with E-state index in [1.165, 1.54) is 0 Å². The number of benzene rings is 1. The van der Waals surface area contributed by atoms with Crippen molar-refractivity contribution < 1.29 is 9.47 Å². The van der Waals surface area contributed by atoms with Crippen LogP contribution < -0.4 is 15.6 Å². The van der Waals surface area contributed by atoms with Crippen LogP contribution in [0.2, 0.25) is 0 Å². The number of morpholine rings is 1. The number of aromatic amines is 1. The zero-order chi connectivity index (χ0) is 24.3. The van der Waals surface area contributed by atoms with Crippen molar-refractivity contribution in [3.8, 4) is 5.75 Å². The fourth-order valence-electron chi connectivity index (χ4n) is 4.16. The topological polar surface area (TPSA) is 73.1 Å². The average Bonchev–Trinajstić information content (AvgIpc) is 2.86. The highest BCUT2D eigenvalue weighted by molar-refractivity contribution is 7.80. The van der Waals surface area contributed by atoms with E-state index in [2.05, 4.69) is 38.8 Å². The molecule has 0 radical (unpaired) electrons. The number of aromatic nitrogens is 1. The van der Waals surface area contributed by atoms with E-state index >= 15 is 0 Å². The van der Waals surface area contributed by atoms with Crippen LogP contribution in [-0.2, 0) is 11.3 Å². The van der Waals surface area contributed by atoms with Gasteiger partial charge >= 0.3 is 0 Å². The van der Waals surface area contributed by atoms with E-state index in [-0.39, 0.29) is 5.56 Å². The molecule has 8 nitrogen and oxygen atoms in total. The van der Waals surface area contributed by atoms with Crippen molar-refractivity contribution in [3.63, 3.8) is 0 Å². The molecule has 0 aliphatic carbocycles. The van der Waals surface area contributed by atoms with E-state index in [0.29, 0.717) is 17.2 Å². The maximum absolute atomic E-state index is 12.9. The first kappa shape index (κ1) is 26.4. The number of fused-ring (bicyclic) bond motifs is 1. The summed E-state index contributed by atoms with van der Waals surface area (Å²) in [6, 6.07) is 7.68. The summed E-state index contributed by atoms with van der Waals surface area (Å²) in [6.45, 7) is 13.9. The Kier molecular flexibility index (Phi) is 10.6. The number of thiocarbonyl (C=S) groups is 1. The molecule has 188 valence electrons. The highest BCUT2D eigenvalue weighted by atomic mass is 32.1. The summed E-state index contributed by atoms with van der Waals surface area (Å²) in [6.07, 6.45) is 1.02. The Balaban J connectivity index is 1.65. The monoisotopic (exact) mass is 489 g/mol. The smallest absolute Gasteiger partial charge is 0.253 e. The van der Waals surface area contributed by atoms with Crippen LogP contribution in [0.1, 0.15) is 25.8 Å². The van der Waals surface area contributed by atoms with Crippen LogP contribution in [0.15, 0.2) is 29.1 Å². The molecule has 9 heteroatoms. The molecule has 1 saturated heterocycles. The van der Waals surface area contributed by atoms with Gasteiger partial charge in [-0.3, -0.25) is 9.69 Å². The van der Waals surface area contributed by atoms with Crippen LogP contribution in [0.4, 0.5) is 0 Å². The van der Waals surface area contributed by atoms with Crippen molar-refractivity contribution in [1.29, 1.82) is 0 Å². The van der Waals surface area contributed by atoms with Crippen LogP contribution in [0.25, 0.3) is 10.9 Å². The number of H-pyrrole nitrogens is 1. The van der Waals surface area contributed by atoms with E-state index in [1.54, 1.807) is 7.11 Å². The fourth-order valence-corrected chi connectivity index (χ4v) is 4.42. The van der Waals surface area contributed by atoms with Crippen LogP contribution in [0, 0.1) is 0 Å². The van der Waals surface area contributed by atoms with Crippen LogP contribution >= 0.6 is 12.2 Å². The lowest BCUT2D eigenvalue weighted by Crippen LogP contribution is -2.45. The Hall–Kier alpha value is -2.20. The Morgan fingerprint density at radius 3 is 2.68 bits per heavy atom. The Labute approximate surface area is 208 Å². The number of hydrogen-bond donors (Lipinski definition) is 2. The van der Waals surface area contributed by atoms with Gasteiger partial charge in [0.15, 0.2) is 5.11 Å². The molecule has 1 aromatic carbocycles. The SMILES string of the molecule is CCN(CC)CCN(Cc1cc2ccc(OC)cc2[nH]c1=O)C(=S)NCCCN1CCOCC1. The molecule has 0 bridgehead atoms. The van der Waals surface area contributed by atoms with Crippen LogP contribution in [0.5, 0.6) is 5.75 Å². The first-order valence-corrected chi connectivity index (χ1v) is 12.7. The molecule has 0 atom stereocenters. The number of nitrogens with zero attached hydrogens (tertiary/aromatic N) is 3. The van der Waals surface area contributed by atoms with Crippen molar-refractivity contribution >= 4 is 28.2 Å². The van der Waals surface area contributed by atoms with E-state index in [4.69, 9.17) is 21.7 Å². The third-order valence-corrected chi connectivity index (χ3v) is 6.79. The number of likely N-dealkylation sites (N-methyl/N-ethyl adjacent to an activating group) is 1. The van der Waals surface area contributed by atoms with Gasteiger partial charge in [-0.25, -0.2) is 0 Å². The zero-order valence-corrected chi connectivity index (χ0v) is 21.6. The lowest BCUT2D eigenvalue weighted by molar-refractivity contribution is 0.0376. The lowest BCUT2D eigenvalue weighted by atomic mass is 10.1. The predicted molar refractivity (Wildman–Crippen MR) is 142 cm³/mol. The Morgan fingerprint density at radius 2 is 1.97 bits per heavy atom. The number of ether oxygens (including phenoxy) is 2. The largest absolute Gasteiger partial charge is 0.497 e. The lowest BCUT2D eigenvalue weighted by Gasteiger charge is -2.29. The fraction of sp³-hybridized carbons (Fsp3) is 0.600. The molecule has 2 heterocycles. The molecule has 3 rings (SSSR count). The maximum Gasteiger partial charge on any atom is 0.253 e. The predicted octanol–water partition coefficient (Wildman–Crippen LogP) is 2.28. The molecule has 0 saturated carbocycles. The minimum Gasteiger partial charge on any atom is -0.497 e. The Morgan fingerprint density at radius 1 is 1.21 bits per heavy atom. The number of pyridine rings is 1. The third kappa shape index (κ3) is 7.66. The van der Waals surface area contributed by atoms with Gasteiger partial charge in [-0.1, -0.05) is 13.8 Å². The summed E-state index contributed by atoms with van der Waals surface area (Å²) < 4.78 is 10.7. The first-order valence-electron chi connectivity index (χ1n) is 12.3. The van der Waals surface area contributed by atoms with Crippen molar-refractivity contribution in [3.05, 3.63) is 40.2 Å². The van der Waals surface area contributed by atoms with Gasteiger partial charge in [0.25, 0.3) is 5.56 Å². The summed E-state index contributed by atoms with van der Waals surface area (Å²) in [7, 11) is 1.62. The molecule has 1 fully saturated rings. The molecule has 0 unspecified atom stereocenters. The van der Waals surface area contributed by atoms with E-state index < -0.39 is 0 Å². The van der Waals surface area contributed by atoms with Gasteiger partial charge < -0.3 is 29.6 Å². The third-order valence-electron chi connectivity index (χ3n) is 6.39. The van der Waals surface area contributed by atoms with Crippen molar-refractivity contribution in [2.45, 2.75) is 26.8 Å². The Bertz CT molecular complexity index is 973. The number of hydrogen-bond acceptors (Lipinski definition) is 6. The van der Waals surface area contributed by atoms with Crippen molar-refractivity contribution in [1.82, 2.24) is 25.0 Å². The molecule has 2 aromatic rings. The second kappa shape index (κ2) is 13.6. The van der Waals surface area contributed by atoms with Gasteiger partial charge in [-0.05, 0) is 61.9 Å². The summed E-state index contributed by atoms with van der Waals surface area (Å²) in [4.78, 5) is 22.8. The molecular formula is C25H39N5O3S. The number of rotatable bonds is 12. The molecule has 1 aliphatic heterocycles. The first-order chi connectivity index (χ1) is 16.5. The van der Waals surface area contributed by atoms with Crippen molar-refractivity contribution in [2.75, 3.05) is 72.7 Å². The minimum atomic E-state index is -0.0938. The molecule has 2 N–H and O–H groups in total. The minimum absolute atomic E-state index is 0.0938. The van der Waals surface area contributed by atoms with Gasteiger partial charge in [0.1, 0.15) is 5.75 Å². The summed E-state index contributed by atoms with van der Waals surface area (Å²) in [5, 5.41) is 5.10. The van der Waals surface area contributed by atoms with Crippen LogP contribution in [0.3, 0.4) is 0 Å². The van der Waals surface area contributed by atoms with E-state index in [1.807, 2.05) is 24.3 Å². The average molecular weight is 490 g/mol. The number of nitrogens with one attached hydrogen (secondary N) is 2. The summed E-state index contributed by atoms with van der Waals surface area (Å²) in [5.41, 5.74) is 1.38. The summed E-state index contributed by atoms with van der Waals surface area (Å²) >= 11 is 5.77. The van der Waals surface area contributed by atoms with Gasteiger partial charge in [0.2, 0.25) is 0 Å². The standard InChI is InChI=1S/C25H39N5O3S/c1-4-28(5-2)11-12-30(25(34)26-9-6-10-29-13-15-33-16-14-29)19-21-17-20-7-8-22(32-3)18-23(20)27-24(21)31/h7-8,17-18H,4-6,9-16,19H2,1-3H3,(H,26,34)(H,27,31). The maximum atomic E-state index is 12.9.